The van der Waals surface area contributed by atoms with Gasteiger partial charge in [-0.2, -0.15) is 5.10 Å². The first-order valence-electron chi connectivity index (χ1n) is 9.89. The van der Waals surface area contributed by atoms with Gasteiger partial charge >= 0.3 is 0 Å². The lowest BCUT2D eigenvalue weighted by Crippen LogP contribution is -2.42. The molecule has 2 aromatic rings. The van der Waals surface area contributed by atoms with Gasteiger partial charge < -0.3 is 4.90 Å². The molecule has 8 heteroatoms. The first kappa shape index (κ1) is 20.6. The third-order valence-corrected chi connectivity index (χ3v) is 6.78. The number of likely N-dealkylation sites (tertiary alicyclic amines) is 1. The van der Waals surface area contributed by atoms with Crippen LogP contribution < -0.4 is 0 Å². The molecule has 0 unspecified atom stereocenters. The van der Waals surface area contributed by atoms with Crippen molar-refractivity contribution in [3.63, 3.8) is 0 Å². The zero-order chi connectivity index (χ0) is 20.8. The number of hydrogen-bond acceptors (Lipinski definition) is 2. The largest absolute Gasteiger partial charge is 0.339 e. The zero-order valence-corrected chi connectivity index (χ0v) is 17.7. The number of carbonyl (C=O) groups excluding carboxylic acids is 1. The molecule has 2 aliphatic rings. The minimum absolute atomic E-state index is 0.0312. The van der Waals surface area contributed by atoms with E-state index in [2.05, 4.69) is 5.10 Å². The smallest absolute Gasteiger partial charge is 0.248 e. The van der Waals surface area contributed by atoms with Gasteiger partial charge in [0.1, 0.15) is 0 Å². The zero-order valence-electron chi connectivity index (χ0n) is 16.2. The number of aromatic nitrogens is 2. The number of alkyl halides is 2. The van der Waals surface area contributed by atoms with Crippen LogP contribution in [0.15, 0.2) is 24.5 Å². The fourth-order valence-corrected chi connectivity index (χ4v) is 5.07. The summed E-state index contributed by atoms with van der Waals surface area (Å²) in [6.45, 7) is 0.614. The Balaban J connectivity index is 1.46. The molecule has 0 radical (unpaired) electrons. The van der Waals surface area contributed by atoms with E-state index in [1.165, 1.54) is 0 Å². The van der Waals surface area contributed by atoms with Crippen LogP contribution in [0.5, 0.6) is 0 Å². The summed E-state index contributed by atoms with van der Waals surface area (Å²) in [6, 6.07) is 3.62. The van der Waals surface area contributed by atoms with Crippen molar-refractivity contribution in [3.05, 3.63) is 40.1 Å². The summed E-state index contributed by atoms with van der Waals surface area (Å²) < 4.78 is 28.6. The van der Waals surface area contributed by atoms with E-state index in [-0.39, 0.29) is 30.7 Å². The molecule has 2 heterocycles. The average molecular weight is 442 g/mol. The molecule has 1 aromatic carbocycles. The number of aryl methyl sites for hydroxylation is 1. The predicted molar refractivity (Wildman–Crippen MR) is 109 cm³/mol. The van der Waals surface area contributed by atoms with Gasteiger partial charge in [0, 0.05) is 60.2 Å². The highest BCUT2D eigenvalue weighted by Gasteiger charge is 2.42. The Morgan fingerprint density at radius 1 is 1.14 bits per heavy atom. The number of halogens is 4. The third-order valence-electron chi connectivity index (χ3n) is 6.11. The summed E-state index contributed by atoms with van der Waals surface area (Å²) in [6.07, 6.45) is 5.24. The minimum Gasteiger partial charge on any atom is -0.339 e. The quantitative estimate of drug-likeness (QED) is 0.639. The van der Waals surface area contributed by atoms with E-state index >= 15 is 0 Å². The fourth-order valence-electron chi connectivity index (χ4n) is 4.43. The second kappa shape index (κ2) is 7.88. The van der Waals surface area contributed by atoms with Crippen LogP contribution in [0.2, 0.25) is 10.0 Å². The number of nitrogens with zero attached hydrogens (tertiary/aromatic N) is 3. The maximum absolute atomic E-state index is 13.4. The third kappa shape index (κ3) is 4.29. The van der Waals surface area contributed by atoms with E-state index < -0.39 is 5.92 Å². The van der Waals surface area contributed by atoms with Crippen molar-refractivity contribution < 1.29 is 13.6 Å². The molecule has 0 N–H and O–H groups in total. The van der Waals surface area contributed by atoms with Gasteiger partial charge in [-0.15, -0.1) is 0 Å². The Bertz CT molecular complexity index is 897. The Morgan fingerprint density at radius 2 is 1.79 bits per heavy atom. The molecule has 1 amide bonds. The second-order valence-electron chi connectivity index (χ2n) is 8.13. The van der Waals surface area contributed by atoms with Gasteiger partial charge in [-0.1, -0.05) is 23.2 Å². The topological polar surface area (TPSA) is 38.1 Å². The molecule has 156 valence electrons. The maximum atomic E-state index is 13.4. The maximum Gasteiger partial charge on any atom is 0.248 e. The summed E-state index contributed by atoms with van der Waals surface area (Å²) in [5, 5.41) is 5.22. The number of hydrogen-bond donors (Lipinski definition) is 0. The lowest BCUT2D eigenvalue weighted by atomic mass is 9.91. The van der Waals surface area contributed by atoms with Crippen LogP contribution in [0.1, 0.15) is 37.7 Å². The summed E-state index contributed by atoms with van der Waals surface area (Å²) in [7, 11) is 1.84. The van der Waals surface area contributed by atoms with Gasteiger partial charge in [0.15, 0.2) is 0 Å². The van der Waals surface area contributed by atoms with Gasteiger partial charge in [-0.05, 0) is 48.9 Å². The highest BCUT2D eigenvalue weighted by atomic mass is 35.5. The van der Waals surface area contributed by atoms with Crippen LogP contribution in [0, 0.1) is 5.92 Å². The standard InChI is InChI=1S/C21H23Cl2F2N3O/c1-27-12-15(11-26-27)14-9-18(22)17(19(23)10-14)8-13-4-7-28(20(13)29)16-2-5-21(24,25)6-3-16/h9-13,16H,2-8H2,1H3/t13-/m0/s1. The van der Waals surface area contributed by atoms with Crippen molar-refractivity contribution in [1.29, 1.82) is 0 Å². The number of carbonyl (C=O) groups is 1. The highest BCUT2D eigenvalue weighted by Crippen LogP contribution is 2.39. The highest BCUT2D eigenvalue weighted by molar-refractivity contribution is 6.36. The summed E-state index contributed by atoms with van der Waals surface area (Å²) in [5.41, 5.74) is 2.55. The molecule has 1 aromatic heterocycles. The molecule has 2 fully saturated rings. The van der Waals surface area contributed by atoms with Gasteiger partial charge in [0.05, 0.1) is 6.20 Å². The van der Waals surface area contributed by atoms with E-state index in [1.54, 1.807) is 15.8 Å². The van der Waals surface area contributed by atoms with Crippen molar-refractivity contribution in [1.82, 2.24) is 14.7 Å². The van der Waals surface area contributed by atoms with E-state index in [4.69, 9.17) is 23.2 Å². The Morgan fingerprint density at radius 3 is 2.38 bits per heavy atom. The normalized spacial score (nSPS) is 22.4. The lowest BCUT2D eigenvalue weighted by molar-refractivity contribution is -0.135. The van der Waals surface area contributed by atoms with E-state index in [0.29, 0.717) is 42.3 Å². The van der Waals surface area contributed by atoms with Crippen molar-refractivity contribution in [3.8, 4) is 11.1 Å². The molecule has 4 nitrogen and oxygen atoms in total. The molecular weight excluding hydrogens is 419 g/mol. The van der Waals surface area contributed by atoms with E-state index in [0.717, 1.165) is 16.7 Å². The molecule has 1 aliphatic carbocycles. The molecule has 1 atom stereocenters. The first-order valence-corrected chi connectivity index (χ1v) is 10.6. The first-order chi connectivity index (χ1) is 13.7. The van der Waals surface area contributed by atoms with Gasteiger partial charge in [-0.3, -0.25) is 9.48 Å². The Kier molecular flexibility index (Phi) is 5.60. The lowest BCUT2D eigenvalue weighted by Gasteiger charge is -2.34. The fraction of sp³-hybridized carbons (Fsp3) is 0.524. The van der Waals surface area contributed by atoms with Crippen molar-refractivity contribution in [2.75, 3.05) is 6.54 Å². The molecule has 1 saturated carbocycles. The molecule has 0 spiro atoms. The van der Waals surface area contributed by atoms with Crippen LogP contribution >= 0.6 is 23.2 Å². The molecule has 29 heavy (non-hydrogen) atoms. The van der Waals surface area contributed by atoms with Gasteiger partial charge in [0.25, 0.3) is 0 Å². The molecule has 1 saturated heterocycles. The molecule has 4 rings (SSSR count). The predicted octanol–water partition coefficient (Wildman–Crippen LogP) is 5.36. The minimum atomic E-state index is -2.59. The van der Waals surface area contributed by atoms with Crippen molar-refractivity contribution in [2.24, 2.45) is 13.0 Å². The van der Waals surface area contributed by atoms with Crippen LogP contribution in [0.3, 0.4) is 0 Å². The van der Waals surface area contributed by atoms with Crippen LogP contribution in [-0.2, 0) is 18.3 Å². The monoisotopic (exact) mass is 441 g/mol. The molecule has 1 aliphatic heterocycles. The molecule has 0 bridgehead atoms. The van der Waals surface area contributed by atoms with E-state index in [9.17, 15) is 13.6 Å². The van der Waals surface area contributed by atoms with Crippen molar-refractivity contribution >= 4 is 29.1 Å². The van der Waals surface area contributed by atoms with Crippen LogP contribution in [0.4, 0.5) is 8.78 Å². The van der Waals surface area contributed by atoms with Crippen molar-refractivity contribution in [2.45, 2.75) is 50.5 Å². The summed E-state index contributed by atoms with van der Waals surface area (Å²) >= 11 is 13.0. The number of benzene rings is 1. The SMILES string of the molecule is Cn1cc(-c2cc(Cl)c(C[C@@H]3CCN(C4CCC(F)(F)CC4)C3=O)c(Cl)c2)cn1. The van der Waals surface area contributed by atoms with Gasteiger partial charge in [-0.25, -0.2) is 8.78 Å². The van der Waals surface area contributed by atoms with E-state index in [1.807, 2.05) is 25.4 Å². The number of amides is 1. The van der Waals surface area contributed by atoms with Crippen LogP contribution in [-0.4, -0.2) is 39.1 Å². The number of rotatable bonds is 4. The van der Waals surface area contributed by atoms with Crippen LogP contribution in [0.25, 0.3) is 11.1 Å². The Hall–Kier alpha value is -1.66. The Labute approximate surface area is 178 Å². The average Bonchev–Trinajstić information content (AvgIpc) is 3.24. The second-order valence-corrected chi connectivity index (χ2v) is 8.94. The summed E-state index contributed by atoms with van der Waals surface area (Å²) in [5.74, 6) is -2.77. The summed E-state index contributed by atoms with van der Waals surface area (Å²) in [4.78, 5) is 14.7. The molecular formula is C21H23Cl2F2N3O. The van der Waals surface area contributed by atoms with Gasteiger partial charge in [0.2, 0.25) is 11.8 Å².